The number of rotatable bonds is 9. The second kappa shape index (κ2) is 12.2. The Kier molecular flexibility index (Phi) is 8.25. The van der Waals surface area contributed by atoms with Gasteiger partial charge in [-0.15, -0.1) is 0 Å². The summed E-state index contributed by atoms with van der Waals surface area (Å²) in [4.78, 5) is 37.5. The SMILES string of the molecule is NC(OC(=O)C(F)(F)F)c1ccc(-c2nc3ccnc(C(=O)NCCCn4ccnc4)c3cc2-c2ccccc2)cc1. The molecule has 42 heavy (non-hydrogen) atoms. The molecule has 1 atom stereocenters. The average molecular weight is 575 g/mol. The number of nitrogens with zero attached hydrogens (tertiary/aromatic N) is 4. The van der Waals surface area contributed by atoms with E-state index in [2.05, 4.69) is 20.0 Å². The summed E-state index contributed by atoms with van der Waals surface area (Å²) in [5.74, 6) is -2.69. The number of imidazole rings is 1. The fourth-order valence-corrected chi connectivity index (χ4v) is 4.38. The number of fused-ring (bicyclic) bond motifs is 1. The number of carbonyl (C=O) groups excluding carboxylic acids is 2. The van der Waals surface area contributed by atoms with Gasteiger partial charge in [-0.25, -0.2) is 14.8 Å². The maximum Gasteiger partial charge on any atom is 0.490 e. The van der Waals surface area contributed by atoms with Gasteiger partial charge in [-0.05, 0) is 24.1 Å². The van der Waals surface area contributed by atoms with Crippen molar-refractivity contribution in [2.75, 3.05) is 6.54 Å². The lowest BCUT2D eigenvalue weighted by atomic mass is 9.96. The van der Waals surface area contributed by atoms with Crippen molar-refractivity contribution in [3.05, 3.63) is 103 Å². The molecule has 0 aliphatic carbocycles. The number of aryl methyl sites for hydroxylation is 1. The first kappa shape index (κ1) is 28.4. The minimum absolute atomic E-state index is 0.176. The molecule has 1 amide bonds. The first-order chi connectivity index (χ1) is 20.2. The predicted octanol–water partition coefficient (Wildman–Crippen LogP) is 5.04. The van der Waals surface area contributed by atoms with Gasteiger partial charge in [-0.2, -0.15) is 13.2 Å². The minimum Gasteiger partial charge on any atom is -0.436 e. The van der Waals surface area contributed by atoms with E-state index in [-0.39, 0.29) is 17.2 Å². The van der Waals surface area contributed by atoms with Crippen molar-refractivity contribution in [1.82, 2.24) is 24.8 Å². The van der Waals surface area contributed by atoms with Gasteiger partial charge in [-0.3, -0.25) is 15.5 Å². The molecule has 0 radical (unpaired) electrons. The molecule has 2 aromatic carbocycles. The first-order valence-corrected chi connectivity index (χ1v) is 12.9. The quantitative estimate of drug-likeness (QED) is 0.144. The van der Waals surface area contributed by atoms with E-state index >= 15 is 0 Å². The maximum absolute atomic E-state index is 13.1. The number of ether oxygens (including phenoxy) is 1. The van der Waals surface area contributed by atoms with Crippen LogP contribution in [0.3, 0.4) is 0 Å². The fourth-order valence-electron chi connectivity index (χ4n) is 4.38. The Bertz CT molecular complexity index is 1690. The summed E-state index contributed by atoms with van der Waals surface area (Å²) in [5.41, 5.74) is 9.37. The molecule has 0 bridgehead atoms. The molecule has 0 saturated heterocycles. The molecule has 0 fully saturated rings. The van der Waals surface area contributed by atoms with Crippen molar-refractivity contribution in [2.24, 2.45) is 5.73 Å². The second-order valence-electron chi connectivity index (χ2n) is 9.33. The van der Waals surface area contributed by atoms with Crippen LogP contribution in [0.2, 0.25) is 0 Å². The third kappa shape index (κ3) is 6.44. The Morgan fingerprint density at radius 3 is 2.45 bits per heavy atom. The molecule has 1 unspecified atom stereocenters. The number of carbonyl (C=O) groups is 2. The van der Waals surface area contributed by atoms with Crippen molar-refractivity contribution >= 4 is 22.8 Å². The van der Waals surface area contributed by atoms with E-state index in [0.29, 0.717) is 47.2 Å². The number of hydrogen-bond donors (Lipinski definition) is 2. The molecule has 9 nitrogen and oxygen atoms in total. The molecule has 214 valence electrons. The second-order valence-corrected chi connectivity index (χ2v) is 9.33. The van der Waals surface area contributed by atoms with Crippen molar-refractivity contribution < 1.29 is 27.5 Å². The van der Waals surface area contributed by atoms with Crippen LogP contribution in [0.15, 0.2) is 91.6 Å². The zero-order valence-corrected chi connectivity index (χ0v) is 22.1. The number of nitrogens with two attached hydrogens (primary N) is 1. The number of benzene rings is 2. The molecule has 5 aromatic rings. The number of hydrogen-bond acceptors (Lipinski definition) is 7. The summed E-state index contributed by atoms with van der Waals surface area (Å²) < 4.78 is 44.0. The van der Waals surface area contributed by atoms with Crippen LogP contribution < -0.4 is 11.1 Å². The van der Waals surface area contributed by atoms with Gasteiger partial charge in [0.15, 0.2) is 6.23 Å². The third-order valence-corrected chi connectivity index (χ3v) is 6.46. The van der Waals surface area contributed by atoms with Gasteiger partial charge in [0.1, 0.15) is 5.69 Å². The zero-order chi connectivity index (χ0) is 29.7. The normalized spacial score (nSPS) is 12.2. The molecule has 12 heteroatoms. The summed E-state index contributed by atoms with van der Waals surface area (Å²) in [5, 5.41) is 3.48. The van der Waals surface area contributed by atoms with Crippen LogP contribution >= 0.6 is 0 Å². The smallest absolute Gasteiger partial charge is 0.436 e. The summed E-state index contributed by atoms with van der Waals surface area (Å²) in [6.07, 6.45) is 0.738. The van der Waals surface area contributed by atoms with Crippen LogP contribution in [-0.4, -0.2) is 44.1 Å². The van der Waals surface area contributed by atoms with E-state index < -0.39 is 18.4 Å². The topological polar surface area (TPSA) is 125 Å². The molecule has 0 aliphatic heterocycles. The highest BCUT2D eigenvalue weighted by Crippen LogP contribution is 2.34. The van der Waals surface area contributed by atoms with E-state index in [0.717, 1.165) is 5.56 Å². The lowest BCUT2D eigenvalue weighted by Gasteiger charge is -2.16. The van der Waals surface area contributed by atoms with Crippen LogP contribution in [0.4, 0.5) is 13.2 Å². The molecule has 3 heterocycles. The molecular formula is C30H25F3N6O3. The Balaban J connectivity index is 1.45. The number of nitrogens with one attached hydrogen (secondary N) is 1. The lowest BCUT2D eigenvalue weighted by Crippen LogP contribution is -2.29. The number of pyridine rings is 2. The van der Waals surface area contributed by atoms with Gasteiger partial charge in [0.05, 0.1) is 17.5 Å². The highest BCUT2D eigenvalue weighted by Gasteiger charge is 2.42. The van der Waals surface area contributed by atoms with Gasteiger partial charge in [0, 0.05) is 53.8 Å². The lowest BCUT2D eigenvalue weighted by molar-refractivity contribution is -0.205. The van der Waals surface area contributed by atoms with E-state index in [1.54, 1.807) is 30.7 Å². The molecule has 3 aromatic heterocycles. The highest BCUT2D eigenvalue weighted by molar-refractivity contribution is 6.06. The van der Waals surface area contributed by atoms with Crippen LogP contribution in [-0.2, 0) is 16.1 Å². The van der Waals surface area contributed by atoms with Gasteiger partial charge in [-0.1, -0.05) is 54.6 Å². The van der Waals surface area contributed by atoms with E-state index in [1.165, 1.54) is 18.3 Å². The van der Waals surface area contributed by atoms with Crippen molar-refractivity contribution in [1.29, 1.82) is 0 Å². The van der Waals surface area contributed by atoms with E-state index in [1.807, 2.05) is 47.2 Å². The van der Waals surface area contributed by atoms with Crippen LogP contribution in [0.25, 0.3) is 33.3 Å². The molecule has 0 saturated carbocycles. The van der Waals surface area contributed by atoms with Crippen LogP contribution in [0.1, 0.15) is 28.7 Å². The van der Waals surface area contributed by atoms with Crippen molar-refractivity contribution in [3.63, 3.8) is 0 Å². The number of esters is 1. The Morgan fingerprint density at radius 2 is 1.76 bits per heavy atom. The Hall–Kier alpha value is -5.10. The fraction of sp³-hybridized carbons (Fsp3) is 0.167. The summed E-state index contributed by atoms with van der Waals surface area (Å²) in [7, 11) is 0. The first-order valence-electron chi connectivity index (χ1n) is 12.9. The van der Waals surface area contributed by atoms with Crippen LogP contribution in [0.5, 0.6) is 0 Å². The van der Waals surface area contributed by atoms with Crippen molar-refractivity contribution in [2.45, 2.75) is 25.4 Å². The van der Waals surface area contributed by atoms with Gasteiger partial charge >= 0.3 is 12.1 Å². The van der Waals surface area contributed by atoms with Gasteiger partial charge in [0.25, 0.3) is 5.91 Å². The molecular weight excluding hydrogens is 549 g/mol. The largest absolute Gasteiger partial charge is 0.490 e. The van der Waals surface area contributed by atoms with Gasteiger partial charge < -0.3 is 14.6 Å². The minimum atomic E-state index is -5.15. The Morgan fingerprint density at radius 1 is 1.00 bits per heavy atom. The molecule has 5 rings (SSSR count). The predicted molar refractivity (Wildman–Crippen MR) is 149 cm³/mol. The molecule has 0 aliphatic rings. The van der Waals surface area contributed by atoms with Crippen LogP contribution in [0, 0.1) is 0 Å². The Labute approximate surface area is 238 Å². The highest BCUT2D eigenvalue weighted by atomic mass is 19.4. The monoisotopic (exact) mass is 574 g/mol. The standard InChI is InChI=1S/C30H25F3N6O3/c31-30(32,33)29(41)42-27(34)21-9-7-20(8-10-21)25-22(19-5-2-1-3-6-19)17-23-24(38-25)11-13-36-26(23)28(40)37-12-4-15-39-16-14-35-18-39/h1-3,5-11,13-14,16-18,27H,4,12,15,34H2,(H,37,40). The number of aromatic nitrogens is 4. The summed E-state index contributed by atoms with van der Waals surface area (Å²) in [6.45, 7) is 1.15. The van der Waals surface area contributed by atoms with E-state index in [4.69, 9.17) is 10.7 Å². The number of amides is 1. The van der Waals surface area contributed by atoms with Gasteiger partial charge in [0.2, 0.25) is 0 Å². The third-order valence-electron chi connectivity index (χ3n) is 6.46. The maximum atomic E-state index is 13.1. The summed E-state index contributed by atoms with van der Waals surface area (Å²) >= 11 is 0. The molecule has 3 N–H and O–H groups in total. The average Bonchev–Trinajstić information content (AvgIpc) is 3.52. The molecule has 0 spiro atoms. The summed E-state index contributed by atoms with van der Waals surface area (Å²) in [6, 6.07) is 19.2. The zero-order valence-electron chi connectivity index (χ0n) is 22.1. The number of alkyl halides is 3. The van der Waals surface area contributed by atoms with E-state index in [9.17, 15) is 22.8 Å². The number of halogens is 3. The van der Waals surface area contributed by atoms with Crippen molar-refractivity contribution in [3.8, 4) is 22.4 Å².